The number of nitrogens with zero attached hydrogens (tertiary/aromatic N) is 4. The first-order valence-electron chi connectivity index (χ1n) is 19.8. The van der Waals surface area contributed by atoms with Crippen LogP contribution < -0.4 is 4.40 Å². The molecule has 5 aromatic carbocycles. The van der Waals surface area contributed by atoms with Gasteiger partial charge in [-0.1, -0.05) is 60.3 Å². The van der Waals surface area contributed by atoms with Gasteiger partial charge in [-0.05, 0) is 72.5 Å². The molecule has 7 heteroatoms. The van der Waals surface area contributed by atoms with Crippen LogP contribution in [-0.2, 0) is 26.5 Å². The van der Waals surface area contributed by atoms with Crippen LogP contribution in [0.5, 0.6) is 0 Å². The summed E-state index contributed by atoms with van der Waals surface area (Å²) in [5.74, 6) is 8.80. The first kappa shape index (κ1) is 41.0. The normalized spacial score (nSPS) is 11.5. The van der Waals surface area contributed by atoms with Crippen molar-refractivity contribution in [1.29, 1.82) is 0 Å². The molecule has 0 fully saturated rings. The van der Waals surface area contributed by atoms with Gasteiger partial charge in [-0.25, -0.2) is 4.98 Å². The van der Waals surface area contributed by atoms with E-state index in [2.05, 4.69) is 153 Å². The molecule has 0 saturated carbocycles. The van der Waals surface area contributed by atoms with E-state index in [0.717, 1.165) is 67.7 Å². The average molecular weight is 998 g/mol. The maximum absolute atomic E-state index is 6.35. The van der Waals surface area contributed by atoms with Crippen molar-refractivity contribution < 1.29 is 24.5 Å². The number of hydrogen-bond donors (Lipinski definition) is 0. The van der Waals surface area contributed by atoms with E-state index < -0.39 is 13.3 Å². The number of rotatable bonds is 7. The largest absolute Gasteiger partial charge is 0.486 e. The SMILES string of the molecule is CC(C)Cc1cc(-c2[c-]cccc2)nc[c]1[Ge]([CH3])([CH3])[CH3].Cc1cc(-c2ccccc2)cc(C)c1-n1c(-c2[c-]cc(C)c3c2oc2ncccc23)nc2ccccc21.[Ir]. The Morgan fingerprint density at radius 2 is 1.48 bits per heavy atom. The quantitative estimate of drug-likeness (QED) is 0.118. The number of pyridine rings is 2. The maximum atomic E-state index is 6.35. The molecule has 0 unspecified atom stereocenters. The second-order valence-corrected chi connectivity index (χ2v) is 27.0. The fraction of sp³-hybridized carbons (Fsp3) is 0.196. The van der Waals surface area contributed by atoms with Crippen LogP contribution in [0.2, 0.25) is 17.3 Å². The zero-order chi connectivity index (χ0) is 39.8. The monoisotopic (exact) mass is 999 g/mol. The summed E-state index contributed by atoms with van der Waals surface area (Å²) < 4.78 is 10.1. The molecule has 293 valence electrons. The predicted octanol–water partition coefficient (Wildman–Crippen LogP) is 12.7. The third kappa shape index (κ3) is 8.11. The summed E-state index contributed by atoms with van der Waals surface area (Å²) in [5.41, 5.74) is 14.8. The molecule has 0 aliphatic heterocycles. The second kappa shape index (κ2) is 17.0. The van der Waals surface area contributed by atoms with Crippen LogP contribution in [0, 0.1) is 38.8 Å². The van der Waals surface area contributed by atoms with Gasteiger partial charge in [0, 0.05) is 37.4 Å². The van der Waals surface area contributed by atoms with Crippen molar-refractivity contribution in [1.82, 2.24) is 19.5 Å². The molecule has 5 nitrogen and oxygen atoms in total. The average Bonchev–Trinajstić information content (AvgIpc) is 3.78. The number of fused-ring (bicyclic) bond motifs is 4. The number of imidazole rings is 1. The van der Waals surface area contributed by atoms with Gasteiger partial charge in [-0.15, -0.1) is 17.7 Å². The molecule has 0 atom stereocenters. The molecule has 4 heterocycles. The van der Waals surface area contributed by atoms with Crippen LogP contribution in [0.25, 0.3) is 72.6 Å². The van der Waals surface area contributed by atoms with E-state index in [-0.39, 0.29) is 20.1 Å². The predicted molar refractivity (Wildman–Crippen MR) is 240 cm³/mol. The number of para-hydroxylation sites is 2. The Bertz CT molecular complexity index is 2850. The summed E-state index contributed by atoms with van der Waals surface area (Å²) in [6.45, 7) is 11.0. The molecule has 0 bridgehead atoms. The Balaban J connectivity index is 0.000000208. The van der Waals surface area contributed by atoms with Crippen molar-refractivity contribution in [3.8, 4) is 39.5 Å². The Hall–Kier alpha value is -5.14. The summed E-state index contributed by atoms with van der Waals surface area (Å²) >= 11 is -1.86. The van der Waals surface area contributed by atoms with Gasteiger partial charge < -0.3 is 8.98 Å². The van der Waals surface area contributed by atoms with Crippen LogP contribution in [-0.4, -0.2) is 32.8 Å². The minimum absolute atomic E-state index is 0. The van der Waals surface area contributed by atoms with E-state index in [0.29, 0.717) is 11.6 Å². The molecule has 4 aromatic heterocycles. The van der Waals surface area contributed by atoms with Crippen molar-refractivity contribution in [2.75, 3.05) is 0 Å². The Kier molecular flexibility index (Phi) is 12.0. The van der Waals surface area contributed by atoms with Gasteiger partial charge >= 0.3 is 126 Å². The van der Waals surface area contributed by atoms with Gasteiger partial charge in [0.1, 0.15) is 0 Å². The number of furan rings is 1. The van der Waals surface area contributed by atoms with Gasteiger partial charge in [0.15, 0.2) is 0 Å². The molecule has 9 aromatic rings. The summed E-state index contributed by atoms with van der Waals surface area (Å²) in [6, 6.07) is 46.5. The van der Waals surface area contributed by atoms with Crippen LogP contribution >= 0.6 is 0 Å². The van der Waals surface area contributed by atoms with Crippen molar-refractivity contribution in [3.05, 3.63) is 162 Å². The summed E-state index contributed by atoms with van der Waals surface area (Å²) in [6.07, 6.45) is 5.04. The Labute approximate surface area is 358 Å². The van der Waals surface area contributed by atoms with Crippen LogP contribution in [0.15, 0.2) is 132 Å². The molecule has 0 amide bonds. The van der Waals surface area contributed by atoms with E-state index in [1.54, 1.807) is 10.6 Å². The van der Waals surface area contributed by atoms with Crippen molar-refractivity contribution in [2.24, 2.45) is 5.92 Å². The molecule has 0 aliphatic rings. The third-order valence-corrected chi connectivity index (χ3v) is 14.9. The molecule has 9 rings (SSSR count). The molecule has 0 N–H and O–H groups in total. The van der Waals surface area contributed by atoms with Gasteiger partial charge in [-0.2, -0.15) is 0 Å². The van der Waals surface area contributed by atoms with Crippen molar-refractivity contribution in [3.63, 3.8) is 0 Å². The summed E-state index contributed by atoms with van der Waals surface area (Å²) in [4.78, 5) is 14.3. The fourth-order valence-corrected chi connectivity index (χ4v) is 11.3. The minimum atomic E-state index is -1.86. The smallest absolute Gasteiger partial charge is 0.216 e. The zero-order valence-electron chi connectivity index (χ0n) is 34.4. The van der Waals surface area contributed by atoms with E-state index in [4.69, 9.17) is 14.4 Å². The topological polar surface area (TPSA) is 56.7 Å². The molecule has 0 saturated heterocycles. The fourth-order valence-electron chi connectivity index (χ4n) is 7.99. The maximum Gasteiger partial charge on any atom is 0.216 e. The van der Waals surface area contributed by atoms with Gasteiger partial charge in [0.05, 0.1) is 22.4 Å². The third-order valence-electron chi connectivity index (χ3n) is 10.5. The summed E-state index contributed by atoms with van der Waals surface area (Å²) in [7, 11) is 0. The van der Waals surface area contributed by atoms with E-state index in [9.17, 15) is 0 Å². The van der Waals surface area contributed by atoms with E-state index in [1.165, 1.54) is 27.8 Å². The zero-order valence-corrected chi connectivity index (χ0v) is 38.9. The minimum Gasteiger partial charge on any atom is -0.486 e. The number of aryl methyl sites for hydroxylation is 3. The molecule has 0 aliphatic carbocycles. The first-order chi connectivity index (χ1) is 27.5. The molecule has 1 radical (unpaired) electrons. The number of benzene rings is 5. The van der Waals surface area contributed by atoms with Crippen LogP contribution in [0.1, 0.15) is 36.1 Å². The van der Waals surface area contributed by atoms with Crippen molar-refractivity contribution in [2.45, 2.75) is 58.3 Å². The summed E-state index contributed by atoms with van der Waals surface area (Å²) in [5, 5.41) is 2.07. The van der Waals surface area contributed by atoms with Crippen molar-refractivity contribution >= 4 is 50.8 Å². The second-order valence-electron chi connectivity index (χ2n) is 16.4. The standard InChI is InChI=1S/C33H24N3O.C18H24GeN.Ir/c1-20-15-16-26(31-29(20)25-12-9-17-34-33(25)37-31)32-35-27-13-7-8-14-28(27)36(32)30-21(2)18-24(19-22(30)3)23-10-5-4-6-11-23;1-14(2)11-16-12-18(15-9-7-6-8-10-15)20-13-17(16)19(3,4)5;/h4-15,17-19H,1-3H3;6-9,12-14H,11H2,1-5H3;/q2*-1;. The number of hydrogen-bond acceptors (Lipinski definition) is 4. The molecular weight excluding hydrogens is 949 g/mol. The Morgan fingerprint density at radius 1 is 0.759 bits per heavy atom. The molecule has 58 heavy (non-hydrogen) atoms. The Morgan fingerprint density at radius 3 is 2.19 bits per heavy atom. The van der Waals surface area contributed by atoms with Gasteiger partial charge in [-0.3, -0.25) is 4.98 Å². The van der Waals surface area contributed by atoms with E-state index >= 15 is 0 Å². The van der Waals surface area contributed by atoms with Crippen LogP contribution in [0.4, 0.5) is 0 Å². The van der Waals surface area contributed by atoms with Gasteiger partial charge in [0.25, 0.3) is 0 Å². The van der Waals surface area contributed by atoms with Crippen LogP contribution in [0.3, 0.4) is 0 Å². The van der Waals surface area contributed by atoms with Gasteiger partial charge in [0.2, 0.25) is 5.71 Å². The molecule has 0 spiro atoms. The number of aromatic nitrogens is 4. The molecular formula is C51H48GeIrN4O-2. The first-order valence-corrected chi connectivity index (χ1v) is 27.1. The van der Waals surface area contributed by atoms with E-state index in [1.807, 2.05) is 42.5 Å².